The molecule has 1 rings (SSSR count). The van der Waals surface area contributed by atoms with Gasteiger partial charge in [-0.2, -0.15) is 0 Å². The molecule has 0 fully saturated rings. The number of hydrogen-bond acceptors (Lipinski definition) is 5. The summed E-state index contributed by atoms with van der Waals surface area (Å²) in [6.45, 7) is 4.00. The van der Waals surface area contributed by atoms with E-state index in [-0.39, 0.29) is 0 Å². The van der Waals surface area contributed by atoms with E-state index < -0.39 is 17.5 Å². The Morgan fingerprint density at radius 3 is 1.82 bits per heavy atom. The highest BCUT2D eigenvalue weighted by Gasteiger charge is 1.99. The van der Waals surface area contributed by atoms with Crippen LogP contribution in [0.4, 0.5) is 5.69 Å². The molecule has 2 N–H and O–H groups in total. The van der Waals surface area contributed by atoms with Crippen molar-refractivity contribution < 1.29 is 19.8 Å². The largest absolute Gasteiger partial charge is 0.545 e. The third-order valence-corrected chi connectivity index (χ3v) is 1.69. The summed E-state index contributed by atoms with van der Waals surface area (Å²) in [5, 5.41) is 20.8. The Hall–Kier alpha value is -2.30. The van der Waals surface area contributed by atoms with Gasteiger partial charge in [0.05, 0.1) is 11.9 Å². The number of nitrogens with two attached hydrogens (primary N) is 1. The molecule has 0 saturated heterocycles. The molecule has 1 aromatic carbocycles. The maximum atomic E-state index is 10.4. The number of carbonyl (C=O) groups excluding carboxylic acids is 2. The second-order valence-corrected chi connectivity index (χ2v) is 2.80. The van der Waals surface area contributed by atoms with Crippen LogP contribution in [0, 0.1) is 0 Å². The van der Waals surface area contributed by atoms with Gasteiger partial charge in [-0.15, -0.1) is 0 Å². The minimum atomic E-state index is -1.79. The van der Waals surface area contributed by atoms with Crippen LogP contribution in [0.3, 0.4) is 0 Å². The molecule has 0 aliphatic rings. The lowest BCUT2D eigenvalue weighted by Crippen LogP contribution is -2.36. The average molecular weight is 235 g/mol. The van der Waals surface area contributed by atoms with Gasteiger partial charge in [0, 0.05) is 11.3 Å². The highest BCUT2D eigenvalue weighted by molar-refractivity contribution is 6.14. The number of aliphatic carboxylic acids is 2. The third kappa shape index (κ3) is 4.83. The monoisotopic (exact) mass is 235 g/mol. The van der Waals surface area contributed by atoms with Crippen LogP contribution in [0.5, 0.6) is 0 Å². The summed E-state index contributed by atoms with van der Waals surface area (Å²) in [6.07, 6.45) is 0.949. The quantitative estimate of drug-likeness (QED) is 0.319. The zero-order chi connectivity index (χ0) is 13.4. The zero-order valence-electron chi connectivity index (χ0n) is 9.60. The van der Waals surface area contributed by atoms with Gasteiger partial charge in [-0.1, -0.05) is 26.0 Å². The van der Waals surface area contributed by atoms with Crippen molar-refractivity contribution in [2.45, 2.75) is 13.8 Å². The second-order valence-electron chi connectivity index (χ2n) is 2.80. The van der Waals surface area contributed by atoms with Crippen LogP contribution in [0.1, 0.15) is 19.4 Å². The van der Waals surface area contributed by atoms with Gasteiger partial charge in [-0.3, -0.25) is 0 Å². The summed E-state index contributed by atoms with van der Waals surface area (Å²) < 4.78 is 0. The van der Waals surface area contributed by atoms with E-state index in [1.165, 1.54) is 24.3 Å². The topological polar surface area (TPSA) is 106 Å². The van der Waals surface area contributed by atoms with Crippen molar-refractivity contribution in [2.24, 2.45) is 0 Å². The number of anilines is 1. The molecule has 5 nitrogen and oxygen atoms in total. The van der Waals surface area contributed by atoms with E-state index in [9.17, 15) is 19.8 Å². The summed E-state index contributed by atoms with van der Waals surface area (Å²) in [5.41, 5.74) is 5.39. The number of nitrogen functional groups attached to an aromatic ring is 1. The maximum absolute atomic E-state index is 10.4. The summed E-state index contributed by atoms with van der Waals surface area (Å²) >= 11 is 0. The van der Waals surface area contributed by atoms with E-state index in [1.54, 1.807) is 0 Å². The molecule has 0 saturated carbocycles. The fourth-order valence-electron chi connectivity index (χ4n) is 0.960. The minimum Gasteiger partial charge on any atom is -0.545 e. The third-order valence-electron chi connectivity index (χ3n) is 1.69. The number of carboxylic acids is 2. The van der Waals surface area contributed by atoms with Crippen molar-refractivity contribution in [3.63, 3.8) is 0 Å². The van der Waals surface area contributed by atoms with Crippen LogP contribution >= 0.6 is 0 Å². The van der Waals surface area contributed by atoms with Crippen molar-refractivity contribution in [3.8, 4) is 0 Å². The molecule has 5 heteroatoms. The molecule has 0 bridgehead atoms. The molecule has 0 heterocycles. The normalized spacial score (nSPS) is 8.59. The molecule has 0 spiro atoms. The molecular formula is C12H13NO4-2. The molecule has 0 radical (unpaired) electrons. The molecule has 1 aromatic rings. The summed E-state index contributed by atoms with van der Waals surface area (Å²) in [7, 11) is 0. The Morgan fingerprint density at radius 1 is 1.06 bits per heavy atom. The molecular weight excluding hydrogens is 222 g/mol. The highest BCUT2D eigenvalue weighted by atomic mass is 16.4. The molecule has 0 amide bonds. The van der Waals surface area contributed by atoms with Gasteiger partial charge in [0.15, 0.2) is 0 Å². The van der Waals surface area contributed by atoms with Gasteiger partial charge in [-0.05, 0) is 23.8 Å². The zero-order valence-corrected chi connectivity index (χ0v) is 9.60. The Bertz CT molecular complexity index is 405. The Labute approximate surface area is 99.2 Å². The number of rotatable bonds is 3. The van der Waals surface area contributed by atoms with E-state index in [4.69, 9.17) is 5.73 Å². The Kier molecular flexibility index (Phi) is 6.10. The Morgan fingerprint density at radius 2 is 1.47 bits per heavy atom. The maximum Gasteiger partial charge on any atom is 0.0733 e. The standard InChI is InChI=1S/C10H9NO4.C2H6/c11-7-3-1-6(2-4-7)5-8(9(12)13)10(14)15;1-2/h1-5H,11H2,(H,12,13)(H,14,15);1-2H3/p-2. The van der Waals surface area contributed by atoms with Gasteiger partial charge >= 0.3 is 0 Å². The van der Waals surface area contributed by atoms with Gasteiger partial charge in [0.1, 0.15) is 0 Å². The fraction of sp³-hybridized carbons (Fsp3) is 0.167. The molecule has 0 aliphatic heterocycles. The van der Waals surface area contributed by atoms with Crippen LogP contribution in [0.2, 0.25) is 0 Å². The van der Waals surface area contributed by atoms with Gasteiger partial charge in [0.25, 0.3) is 0 Å². The van der Waals surface area contributed by atoms with E-state index in [0.29, 0.717) is 11.3 Å². The molecule has 0 aliphatic carbocycles. The van der Waals surface area contributed by atoms with E-state index >= 15 is 0 Å². The molecule has 92 valence electrons. The van der Waals surface area contributed by atoms with Gasteiger partial charge < -0.3 is 25.5 Å². The first-order valence-electron chi connectivity index (χ1n) is 5.00. The average Bonchev–Trinajstić information content (AvgIpc) is 2.30. The molecule has 17 heavy (non-hydrogen) atoms. The lowest BCUT2D eigenvalue weighted by atomic mass is 10.1. The second kappa shape index (κ2) is 7.05. The van der Waals surface area contributed by atoms with Crippen molar-refractivity contribution in [1.82, 2.24) is 0 Å². The lowest BCUT2D eigenvalue weighted by molar-refractivity contribution is -0.311. The van der Waals surface area contributed by atoms with Crippen molar-refractivity contribution in [1.29, 1.82) is 0 Å². The first-order chi connectivity index (χ1) is 8.00. The molecule has 0 unspecified atom stereocenters. The van der Waals surface area contributed by atoms with Crippen molar-refractivity contribution >= 4 is 23.7 Å². The van der Waals surface area contributed by atoms with E-state index in [1.807, 2.05) is 13.8 Å². The number of hydrogen-bond donors (Lipinski definition) is 1. The van der Waals surface area contributed by atoms with E-state index in [2.05, 4.69) is 0 Å². The van der Waals surface area contributed by atoms with Crippen molar-refractivity contribution in [3.05, 3.63) is 35.4 Å². The first kappa shape index (κ1) is 14.7. The lowest BCUT2D eigenvalue weighted by Gasteiger charge is -2.09. The minimum absolute atomic E-state index is 0.396. The first-order valence-corrected chi connectivity index (χ1v) is 5.00. The van der Waals surface area contributed by atoms with Crippen molar-refractivity contribution in [2.75, 3.05) is 5.73 Å². The molecule has 0 aromatic heterocycles. The van der Waals surface area contributed by atoms with Crippen LogP contribution in [0.25, 0.3) is 6.08 Å². The van der Waals surface area contributed by atoms with Gasteiger partial charge in [-0.25, -0.2) is 0 Å². The van der Waals surface area contributed by atoms with Crippen LogP contribution < -0.4 is 15.9 Å². The summed E-state index contributed by atoms with van der Waals surface area (Å²) in [5.74, 6) is -3.57. The number of carbonyl (C=O) groups is 2. The van der Waals surface area contributed by atoms with Crippen LogP contribution in [-0.2, 0) is 9.59 Å². The smallest absolute Gasteiger partial charge is 0.0733 e. The highest BCUT2D eigenvalue weighted by Crippen LogP contribution is 2.09. The fourth-order valence-corrected chi connectivity index (χ4v) is 0.960. The number of benzene rings is 1. The summed E-state index contributed by atoms with van der Waals surface area (Å²) in [6, 6.07) is 6.02. The predicted molar refractivity (Wildman–Crippen MR) is 60.2 cm³/mol. The van der Waals surface area contributed by atoms with Crippen LogP contribution in [0.15, 0.2) is 29.8 Å². The summed E-state index contributed by atoms with van der Waals surface area (Å²) in [4.78, 5) is 20.8. The SMILES string of the molecule is CC.Nc1ccc(C=C(C(=O)[O-])C(=O)[O-])cc1. The Balaban J connectivity index is 0.00000121. The van der Waals surface area contributed by atoms with Crippen LogP contribution in [-0.4, -0.2) is 11.9 Å². The number of carboxylic acid groups (broad SMARTS) is 2. The molecule has 0 atom stereocenters. The predicted octanol–water partition coefficient (Wildman–Crippen LogP) is -0.822. The van der Waals surface area contributed by atoms with E-state index in [0.717, 1.165) is 6.08 Å². The van der Waals surface area contributed by atoms with Gasteiger partial charge in [0.2, 0.25) is 0 Å².